The molecule has 3 nitrogen and oxygen atoms in total. The van der Waals surface area contributed by atoms with Crippen LogP contribution in [-0.4, -0.2) is 29.0 Å². The van der Waals surface area contributed by atoms with Gasteiger partial charge in [-0.2, -0.15) is 0 Å². The summed E-state index contributed by atoms with van der Waals surface area (Å²) in [5.74, 6) is 0. The van der Waals surface area contributed by atoms with Crippen LogP contribution < -0.4 is 5.32 Å². The smallest absolute Gasteiger partial charge is 0.0973 e. The van der Waals surface area contributed by atoms with Gasteiger partial charge in [-0.1, -0.05) is 35.0 Å². The Morgan fingerprint density at radius 3 is 2.41 bits per heavy atom. The van der Waals surface area contributed by atoms with Crippen molar-refractivity contribution in [1.29, 1.82) is 0 Å². The summed E-state index contributed by atoms with van der Waals surface area (Å²) in [7, 11) is 0. The molecule has 96 valence electrons. The van der Waals surface area contributed by atoms with E-state index in [0.29, 0.717) is 6.54 Å². The summed E-state index contributed by atoms with van der Waals surface area (Å²) in [6, 6.07) is 8.31. The van der Waals surface area contributed by atoms with Gasteiger partial charge in [-0.25, -0.2) is 0 Å². The molecule has 3 N–H and O–H groups in total. The number of rotatable bonds is 6. The third kappa shape index (κ3) is 4.76. The fraction of sp³-hybridized carbons (Fsp3) is 0.538. The summed E-state index contributed by atoms with van der Waals surface area (Å²) in [5.41, 5.74) is 0.118. The predicted molar refractivity (Wildman–Crippen MR) is 72.9 cm³/mol. The van der Waals surface area contributed by atoms with E-state index in [-0.39, 0.29) is 12.6 Å². The molecule has 0 aliphatic carbocycles. The van der Waals surface area contributed by atoms with Crippen molar-refractivity contribution in [2.24, 2.45) is 0 Å². The van der Waals surface area contributed by atoms with Crippen molar-refractivity contribution < 1.29 is 10.2 Å². The standard InChI is InChI=1S/C13H20BrNO2/c1-3-12(15-8-13(2,17)9-16)10-4-6-11(14)7-5-10/h4-7,12,15-17H,3,8-9H2,1-2H3. The summed E-state index contributed by atoms with van der Waals surface area (Å²) >= 11 is 3.40. The molecule has 2 atom stereocenters. The van der Waals surface area contributed by atoms with Gasteiger partial charge < -0.3 is 15.5 Å². The van der Waals surface area contributed by atoms with Gasteiger partial charge in [0.15, 0.2) is 0 Å². The van der Waals surface area contributed by atoms with E-state index in [1.165, 1.54) is 5.56 Å². The fourth-order valence-electron chi connectivity index (χ4n) is 1.59. The van der Waals surface area contributed by atoms with E-state index >= 15 is 0 Å². The molecular weight excluding hydrogens is 282 g/mol. The van der Waals surface area contributed by atoms with Crippen molar-refractivity contribution in [1.82, 2.24) is 5.32 Å². The predicted octanol–water partition coefficient (Wildman–Crippen LogP) is 2.23. The number of benzene rings is 1. The first-order chi connectivity index (χ1) is 7.98. The molecule has 0 fully saturated rings. The molecule has 0 spiro atoms. The average Bonchev–Trinajstić information content (AvgIpc) is 2.32. The number of hydrogen-bond acceptors (Lipinski definition) is 3. The Kier molecular flexibility index (Phi) is 5.59. The van der Waals surface area contributed by atoms with E-state index in [2.05, 4.69) is 40.3 Å². The normalized spacial score (nSPS) is 16.5. The van der Waals surface area contributed by atoms with E-state index in [9.17, 15) is 5.11 Å². The van der Waals surface area contributed by atoms with Crippen LogP contribution in [0.15, 0.2) is 28.7 Å². The molecule has 4 heteroatoms. The van der Waals surface area contributed by atoms with E-state index in [1.54, 1.807) is 6.92 Å². The van der Waals surface area contributed by atoms with Gasteiger partial charge in [-0.15, -0.1) is 0 Å². The first kappa shape index (κ1) is 14.6. The van der Waals surface area contributed by atoms with Crippen molar-refractivity contribution in [3.8, 4) is 0 Å². The third-order valence-corrected chi connectivity index (χ3v) is 3.28. The van der Waals surface area contributed by atoms with E-state index in [0.717, 1.165) is 10.9 Å². The van der Waals surface area contributed by atoms with Crippen LogP contribution >= 0.6 is 15.9 Å². The lowest BCUT2D eigenvalue weighted by molar-refractivity contribution is 0.000594. The molecular formula is C13H20BrNO2. The van der Waals surface area contributed by atoms with Crippen LogP contribution in [0.25, 0.3) is 0 Å². The second-order valence-electron chi connectivity index (χ2n) is 4.55. The monoisotopic (exact) mass is 301 g/mol. The number of hydrogen-bond donors (Lipinski definition) is 3. The van der Waals surface area contributed by atoms with Gasteiger partial charge in [0.25, 0.3) is 0 Å². The SMILES string of the molecule is CCC(NCC(C)(O)CO)c1ccc(Br)cc1. The minimum absolute atomic E-state index is 0.195. The zero-order valence-electron chi connectivity index (χ0n) is 10.3. The highest BCUT2D eigenvalue weighted by molar-refractivity contribution is 9.10. The highest BCUT2D eigenvalue weighted by Crippen LogP contribution is 2.19. The first-order valence-electron chi connectivity index (χ1n) is 5.80. The van der Waals surface area contributed by atoms with E-state index < -0.39 is 5.60 Å². The van der Waals surface area contributed by atoms with Crippen molar-refractivity contribution in [2.45, 2.75) is 31.9 Å². The molecule has 1 rings (SSSR count). The topological polar surface area (TPSA) is 52.5 Å². The van der Waals surface area contributed by atoms with Gasteiger partial charge in [0.1, 0.15) is 0 Å². The minimum Gasteiger partial charge on any atom is -0.393 e. The van der Waals surface area contributed by atoms with Crippen LogP contribution in [0, 0.1) is 0 Å². The minimum atomic E-state index is -1.07. The molecule has 1 aromatic rings. The van der Waals surface area contributed by atoms with Crippen LogP contribution in [0.2, 0.25) is 0 Å². The van der Waals surface area contributed by atoms with Crippen LogP contribution in [-0.2, 0) is 0 Å². The average molecular weight is 302 g/mol. The fourth-order valence-corrected chi connectivity index (χ4v) is 1.86. The molecule has 0 bridgehead atoms. The largest absolute Gasteiger partial charge is 0.393 e. The highest BCUT2D eigenvalue weighted by Gasteiger charge is 2.20. The summed E-state index contributed by atoms with van der Waals surface area (Å²) in [6.07, 6.45) is 0.934. The maximum atomic E-state index is 9.74. The Labute approximate surface area is 111 Å². The summed E-state index contributed by atoms with van der Waals surface area (Å²) < 4.78 is 1.05. The molecule has 0 aromatic heterocycles. The molecule has 2 unspecified atom stereocenters. The second-order valence-corrected chi connectivity index (χ2v) is 5.46. The number of nitrogens with one attached hydrogen (secondary N) is 1. The molecule has 1 aromatic carbocycles. The Morgan fingerprint density at radius 1 is 1.35 bits per heavy atom. The van der Waals surface area contributed by atoms with Crippen LogP contribution in [0.3, 0.4) is 0 Å². The Morgan fingerprint density at radius 2 is 1.94 bits per heavy atom. The molecule has 0 heterocycles. The summed E-state index contributed by atoms with van der Waals surface area (Å²) in [5, 5.41) is 22.0. The third-order valence-electron chi connectivity index (χ3n) is 2.75. The quantitative estimate of drug-likeness (QED) is 0.755. The highest BCUT2D eigenvalue weighted by atomic mass is 79.9. The van der Waals surface area contributed by atoms with Crippen molar-refractivity contribution in [3.05, 3.63) is 34.3 Å². The summed E-state index contributed by atoms with van der Waals surface area (Å²) in [6.45, 7) is 3.84. The van der Waals surface area contributed by atoms with Crippen molar-refractivity contribution in [2.75, 3.05) is 13.2 Å². The van der Waals surface area contributed by atoms with Gasteiger partial charge in [0.2, 0.25) is 0 Å². The number of aliphatic hydroxyl groups excluding tert-OH is 1. The Bertz CT molecular complexity index is 338. The number of halogens is 1. The van der Waals surface area contributed by atoms with Gasteiger partial charge >= 0.3 is 0 Å². The molecule has 0 saturated heterocycles. The van der Waals surface area contributed by atoms with Gasteiger partial charge in [0.05, 0.1) is 12.2 Å². The van der Waals surface area contributed by atoms with E-state index in [4.69, 9.17) is 5.11 Å². The van der Waals surface area contributed by atoms with Gasteiger partial charge in [-0.3, -0.25) is 0 Å². The Hall–Kier alpha value is -0.420. The van der Waals surface area contributed by atoms with Crippen LogP contribution in [0.1, 0.15) is 31.9 Å². The molecule has 0 saturated carbocycles. The van der Waals surface area contributed by atoms with Crippen molar-refractivity contribution in [3.63, 3.8) is 0 Å². The van der Waals surface area contributed by atoms with E-state index in [1.807, 2.05) is 12.1 Å². The maximum absolute atomic E-state index is 9.74. The lowest BCUT2D eigenvalue weighted by atomic mass is 10.0. The molecule has 0 amide bonds. The zero-order chi connectivity index (χ0) is 12.9. The zero-order valence-corrected chi connectivity index (χ0v) is 11.9. The lowest BCUT2D eigenvalue weighted by Gasteiger charge is -2.25. The molecule has 0 aliphatic rings. The summed E-state index contributed by atoms with van der Waals surface area (Å²) in [4.78, 5) is 0. The Balaban J connectivity index is 2.63. The first-order valence-corrected chi connectivity index (χ1v) is 6.60. The van der Waals surface area contributed by atoms with Gasteiger partial charge in [0, 0.05) is 17.1 Å². The maximum Gasteiger partial charge on any atom is 0.0973 e. The molecule has 17 heavy (non-hydrogen) atoms. The molecule has 0 aliphatic heterocycles. The second kappa shape index (κ2) is 6.50. The van der Waals surface area contributed by atoms with Crippen molar-refractivity contribution >= 4 is 15.9 Å². The number of aliphatic hydroxyl groups is 2. The van der Waals surface area contributed by atoms with Gasteiger partial charge in [-0.05, 0) is 31.0 Å². The molecule has 0 radical (unpaired) electrons. The lowest BCUT2D eigenvalue weighted by Crippen LogP contribution is -2.42. The van der Waals surface area contributed by atoms with Crippen LogP contribution in [0.5, 0.6) is 0 Å². The van der Waals surface area contributed by atoms with Crippen LogP contribution in [0.4, 0.5) is 0 Å².